The lowest BCUT2D eigenvalue weighted by Gasteiger charge is -2.22. The molecule has 0 spiro atoms. The lowest BCUT2D eigenvalue weighted by Crippen LogP contribution is -2.51. The summed E-state index contributed by atoms with van der Waals surface area (Å²) in [6.45, 7) is 0. The molecule has 0 unspecified atom stereocenters. The van der Waals surface area contributed by atoms with Crippen LogP contribution in [0.2, 0.25) is 0 Å². The van der Waals surface area contributed by atoms with Crippen LogP contribution in [0.15, 0.2) is 0 Å². The Morgan fingerprint density at radius 2 is 0.667 bits per heavy atom. The molecule has 0 N–H and O–H groups in total. The summed E-state index contributed by atoms with van der Waals surface area (Å²) in [4.78, 5) is 29.7. The average molecular weight is 300 g/mol. The first-order valence-corrected chi connectivity index (χ1v) is 5.19. The fourth-order valence-electron chi connectivity index (χ4n) is 0.787. The van der Waals surface area contributed by atoms with Crippen LogP contribution >= 0.6 is 0 Å². The van der Waals surface area contributed by atoms with E-state index in [0.29, 0.717) is 0 Å². The van der Waals surface area contributed by atoms with Gasteiger partial charge in [-0.3, -0.25) is 9.41 Å². The molecule has 0 saturated heterocycles. The van der Waals surface area contributed by atoms with E-state index in [1.54, 1.807) is 0 Å². The van der Waals surface area contributed by atoms with E-state index in [9.17, 15) is 0 Å². The van der Waals surface area contributed by atoms with E-state index in [1.807, 2.05) is 0 Å². The third kappa shape index (κ3) is 6.14. The Hall–Kier alpha value is -0.150. The molecule has 0 aliphatic heterocycles. The van der Waals surface area contributed by atoms with E-state index in [2.05, 4.69) is 0 Å². The van der Waals surface area contributed by atoms with Crippen LogP contribution in [0.25, 0.3) is 0 Å². The highest BCUT2D eigenvalue weighted by molar-refractivity contribution is 7.89. The van der Waals surface area contributed by atoms with E-state index in [1.165, 1.54) is 42.7 Å². The zero-order valence-electron chi connectivity index (χ0n) is 11.0. The molecule has 0 amide bonds. The molecule has 12 heteroatoms. The minimum atomic E-state index is -1.17. The summed E-state index contributed by atoms with van der Waals surface area (Å²) in [6.07, 6.45) is 0. The predicted octanol–water partition coefficient (Wildman–Crippen LogP) is -0.0709. The van der Waals surface area contributed by atoms with E-state index < -0.39 is 11.5 Å². The second-order valence-corrected chi connectivity index (χ2v) is 3.40. The molecule has 0 radical (unpaired) electrons. The highest BCUT2D eigenvalue weighted by Gasteiger charge is 2.51. The third-order valence-corrected chi connectivity index (χ3v) is 2.99. The fourth-order valence-corrected chi connectivity index (χ4v) is 1.91. The van der Waals surface area contributed by atoms with Gasteiger partial charge in [0, 0.05) is 0 Å². The van der Waals surface area contributed by atoms with Crippen LogP contribution in [0.4, 0.5) is 9.41 Å². The van der Waals surface area contributed by atoms with Crippen molar-refractivity contribution in [3.63, 3.8) is 0 Å². The second-order valence-electron chi connectivity index (χ2n) is 2.01. The first kappa shape index (κ1) is 23.0. The fraction of sp³-hybridized carbons (Fsp3) is 1.00. The van der Waals surface area contributed by atoms with E-state index in [0.717, 1.165) is 13.9 Å². The van der Waals surface area contributed by atoms with Crippen molar-refractivity contribution >= 4 is 11.5 Å². The maximum absolute atomic E-state index is 4.95. The molecule has 0 atom stereocenters. The lowest BCUT2D eigenvalue weighted by atomic mass is 11.7. The minimum Gasteiger partial charge on any atom is -0.269 e. The second kappa shape index (κ2) is 13.3. The standard InChI is InChI=1S/C6H18N3O6S.2FH/c1-10-7(11-2)16(8(12-3)13-4)9(14-5)15-6;;/h1-6H3;2*1H/q+1;;. The van der Waals surface area contributed by atoms with Crippen molar-refractivity contribution in [2.75, 3.05) is 42.7 Å². The summed E-state index contributed by atoms with van der Waals surface area (Å²) in [6, 6.07) is 0. The summed E-state index contributed by atoms with van der Waals surface area (Å²) in [5, 5.41) is 0. The summed E-state index contributed by atoms with van der Waals surface area (Å²) < 4.78 is 3.21. The van der Waals surface area contributed by atoms with Crippen molar-refractivity contribution in [3.05, 3.63) is 0 Å². The highest BCUT2D eigenvalue weighted by atomic mass is 32.2. The predicted molar refractivity (Wildman–Crippen MR) is 59.9 cm³/mol. The molecule has 0 aromatic heterocycles. The van der Waals surface area contributed by atoms with Crippen molar-refractivity contribution in [2.24, 2.45) is 0 Å². The number of hydrogen-bond acceptors (Lipinski definition) is 9. The summed E-state index contributed by atoms with van der Waals surface area (Å²) in [5.41, 5.74) is 0. The number of nitrogens with zero attached hydrogens (tertiary/aromatic N) is 3. The zero-order valence-corrected chi connectivity index (χ0v) is 11.8. The van der Waals surface area contributed by atoms with Crippen LogP contribution in [-0.4, -0.2) is 56.6 Å². The van der Waals surface area contributed by atoms with Crippen LogP contribution in [0.3, 0.4) is 0 Å². The average Bonchev–Trinajstić information content (AvgIpc) is 2.33. The van der Waals surface area contributed by atoms with Crippen molar-refractivity contribution in [3.8, 4) is 0 Å². The van der Waals surface area contributed by atoms with Gasteiger partial charge in [-0.05, 0) is 0 Å². The Morgan fingerprint density at radius 1 is 0.500 bits per heavy atom. The Bertz CT molecular complexity index is 147. The van der Waals surface area contributed by atoms with Crippen LogP contribution in [0.5, 0.6) is 0 Å². The molecular formula is C6H20F2N3O6S+. The highest BCUT2D eigenvalue weighted by Crippen LogP contribution is 2.18. The normalized spacial score (nSPS) is 11.0. The van der Waals surface area contributed by atoms with Gasteiger partial charge in [0.05, 0.1) is 42.7 Å². The largest absolute Gasteiger partial charge is 0.433 e. The quantitative estimate of drug-likeness (QED) is 0.430. The van der Waals surface area contributed by atoms with Crippen molar-refractivity contribution in [2.45, 2.75) is 0 Å². The molecule has 0 rings (SSSR count). The van der Waals surface area contributed by atoms with E-state index >= 15 is 0 Å². The minimum absolute atomic E-state index is 0. The van der Waals surface area contributed by atoms with Gasteiger partial charge in [-0.2, -0.15) is 0 Å². The van der Waals surface area contributed by atoms with Gasteiger partial charge in [0.2, 0.25) is 0 Å². The van der Waals surface area contributed by atoms with Gasteiger partial charge in [-0.15, -0.1) is 0 Å². The lowest BCUT2D eigenvalue weighted by molar-refractivity contribution is -0.348. The molecule has 0 aromatic carbocycles. The zero-order chi connectivity index (χ0) is 12.6. The molecule has 0 aliphatic carbocycles. The Morgan fingerprint density at radius 3 is 0.778 bits per heavy atom. The molecule has 114 valence electrons. The molecular weight excluding hydrogens is 280 g/mol. The summed E-state index contributed by atoms with van der Waals surface area (Å²) in [7, 11) is 8.48. The smallest absolute Gasteiger partial charge is 0.269 e. The van der Waals surface area contributed by atoms with Crippen molar-refractivity contribution < 1.29 is 38.4 Å². The van der Waals surface area contributed by atoms with Gasteiger partial charge in [0.25, 0.3) is 0 Å². The van der Waals surface area contributed by atoms with E-state index in [4.69, 9.17) is 29.0 Å². The molecule has 0 aromatic rings. The molecule has 0 fully saturated rings. The van der Waals surface area contributed by atoms with Crippen LogP contribution in [-0.2, 0) is 40.5 Å². The monoisotopic (exact) mass is 300 g/mol. The molecule has 0 bridgehead atoms. The Kier molecular flexibility index (Phi) is 17.0. The summed E-state index contributed by atoms with van der Waals surface area (Å²) >= 11 is -1.17. The van der Waals surface area contributed by atoms with Crippen LogP contribution in [0.1, 0.15) is 0 Å². The van der Waals surface area contributed by atoms with E-state index in [-0.39, 0.29) is 9.41 Å². The van der Waals surface area contributed by atoms with Gasteiger partial charge in [-0.1, -0.05) is 0 Å². The molecule has 0 saturated carbocycles. The van der Waals surface area contributed by atoms with Gasteiger partial charge in [0.15, 0.2) is 13.9 Å². The summed E-state index contributed by atoms with van der Waals surface area (Å²) in [5.74, 6) is 0. The third-order valence-electron chi connectivity index (χ3n) is 1.29. The molecule has 18 heavy (non-hydrogen) atoms. The van der Waals surface area contributed by atoms with Crippen LogP contribution in [0, 0.1) is 0 Å². The molecule has 9 nitrogen and oxygen atoms in total. The van der Waals surface area contributed by atoms with Crippen molar-refractivity contribution in [1.82, 2.24) is 13.9 Å². The maximum Gasteiger partial charge on any atom is 0.433 e. The first-order chi connectivity index (χ1) is 7.69. The number of halogens is 2. The maximum atomic E-state index is 4.95. The first-order valence-electron chi connectivity index (χ1n) is 4.09. The number of rotatable bonds is 9. The molecule has 0 heterocycles. The Balaban J connectivity index is -0.00000112. The SMILES string of the molecule is CON(OC)[S+](N(OC)OC)N(OC)OC.F.F. The molecule has 0 aliphatic rings. The van der Waals surface area contributed by atoms with Gasteiger partial charge >= 0.3 is 11.5 Å². The van der Waals surface area contributed by atoms with Crippen LogP contribution < -0.4 is 0 Å². The number of hydrogen-bond donors (Lipinski definition) is 0. The van der Waals surface area contributed by atoms with Gasteiger partial charge < -0.3 is 0 Å². The van der Waals surface area contributed by atoms with Gasteiger partial charge in [0.1, 0.15) is 0 Å². The van der Waals surface area contributed by atoms with Crippen molar-refractivity contribution in [1.29, 1.82) is 0 Å². The van der Waals surface area contributed by atoms with Gasteiger partial charge in [-0.25, -0.2) is 29.0 Å². The Labute approximate surface area is 107 Å². The topological polar surface area (TPSA) is 65.1 Å².